The van der Waals surface area contributed by atoms with Gasteiger partial charge in [0.25, 0.3) is 0 Å². The van der Waals surface area contributed by atoms with E-state index in [0.717, 1.165) is 30.4 Å². The number of rotatable bonds is 8. The molecule has 3 heteroatoms. The Kier molecular flexibility index (Phi) is 7.21. The molecule has 0 unspecified atom stereocenters. The van der Waals surface area contributed by atoms with Crippen LogP contribution in [0, 0.1) is 5.92 Å². The number of benzene rings is 3. The number of hydrogen-bond acceptors (Lipinski definition) is 3. The first kappa shape index (κ1) is 20.1. The lowest BCUT2D eigenvalue weighted by Gasteiger charge is -2.20. The van der Waals surface area contributed by atoms with Crippen LogP contribution in [0.4, 0.5) is 0 Å². The molecule has 0 saturated carbocycles. The Bertz CT molecular complexity index is 960. The lowest BCUT2D eigenvalue weighted by molar-refractivity contribution is 0.162. The highest BCUT2D eigenvalue weighted by Crippen LogP contribution is 2.26. The van der Waals surface area contributed by atoms with Crippen LogP contribution in [0.1, 0.15) is 24.5 Å². The van der Waals surface area contributed by atoms with Crippen molar-refractivity contribution in [1.29, 1.82) is 0 Å². The highest BCUT2D eigenvalue weighted by Gasteiger charge is 2.16. The monoisotopic (exact) mass is 390 g/mol. The summed E-state index contributed by atoms with van der Waals surface area (Å²) in [6.07, 6.45) is 4.64. The van der Waals surface area contributed by atoms with Gasteiger partial charge in [-0.25, -0.2) is 0 Å². The van der Waals surface area contributed by atoms with Crippen LogP contribution in [0.25, 0.3) is 10.8 Å². The third-order valence-corrected chi connectivity index (χ3v) is 5.11. The van der Waals surface area contributed by atoms with Crippen molar-refractivity contribution in [2.75, 3.05) is 0 Å². The Morgan fingerprint density at radius 3 is 2.39 bits per heavy atom. The van der Waals surface area contributed by atoms with Gasteiger partial charge in [0.15, 0.2) is 0 Å². The van der Waals surface area contributed by atoms with Crippen LogP contribution in [-0.4, -0.2) is 5.11 Å². The molecule has 0 aromatic heterocycles. The minimum Gasteiger partial charge on any atom is -0.514 e. The third-order valence-electron chi connectivity index (χ3n) is 4.86. The molecule has 0 aliphatic rings. The zero-order chi connectivity index (χ0) is 19.8. The number of hydrogen-bond donors (Lipinski definition) is 2. The van der Waals surface area contributed by atoms with Crippen LogP contribution < -0.4 is 0 Å². The number of ether oxygens (including phenoxy) is 1. The average Bonchev–Trinajstić information content (AvgIpc) is 2.75. The minimum atomic E-state index is 0.213. The molecular formula is C25H26O2S. The van der Waals surface area contributed by atoms with Crippen molar-refractivity contribution in [3.05, 3.63) is 107 Å². The molecule has 1 N–H and O–H groups in total. The van der Waals surface area contributed by atoms with Gasteiger partial charge in [-0.3, -0.25) is 0 Å². The van der Waals surface area contributed by atoms with E-state index in [4.69, 9.17) is 4.74 Å². The first-order valence-electron chi connectivity index (χ1n) is 9.59. The molecule has 0 aliphatic carbocycles. The molecule has 1 atom stereocenters. The summed E-state index contributed by atoms with van der Waals surface area (Å²) in [5.74, 6) is 1.06. The Labute approximate surface area is 172 Å². The highest BCUT2D eigenvalue weighted by molar-refractivity contribution is 7.84. The van der Waals surface area contributed by atoms with Crippen LogP contribution in [0.15, 0.2) is 95.8 Å². The van der Waals surface area contributed by atoms with Crippen LogP contribution in [0.3, 0.4) is 0 Å². The summed E-state index contributed by atoms with van der Waals surface area (Å²) < 4.78 is 6.24. The molecule has 0 fully saturated rings. The predicted octanol–water partition coefficient (Wildman–Crippen LogP) is 6.84. The van der Waals surface area contributed by atoms with Crippen LogP contribution in [0.5, 0.6) is 0 Å². The molecular weight excluding hydrogens is 364 g/mol. The smallest absolute Gasteiger partial charge is 0.113 e. The average molecular weight is 391 g/mol. The molecule has 0 spiro atoms. The number of aliphatic hydroxyl groups excluding tert-OH is 1. The van der Waals surface area contributed by atoms with Crippen LogP contribution in [-0.2, 0) is 17.8 Å². The molecule has 28 heavy (non-hydrogen) atoms. The van der Waals surface area contributed by atoms with Crippen molar-refractivity contribution < 1.29 is 9.84 Å². The summed E-state index contributed by atoms with van der Waals surface area (Å²) in [5, 5.41) is 11.7. The van der Waals surface area contributed by atoms with Crippen molar-refractivity contribution >= 4 is 23.4 Å². The van der Waals surface area contributed by atoms with Gasteiger partial charge in [-0.15, -0.1) is 12.6 Å². The van der Waals surface area contributed by atoms with Crippen molar-refractivity contribution in [2.45, 2.75) is 26.4 Å². The molecule has 0 saturated heterocycles. The molecule has 144 valence electrons. The van der Waals surface area contributed by atoms with Gasteiger partial charge in [0, 0.05) is 10.8 Å². The summed E-state index contributed by atoms with van der Waals surface area (Å²) in [5.41, 5.74) is 2.39. The Morgan fingerprint density at radius 1 is 0.964 bits per heavy atom. The second-order valence-electron chi connectivity index (χ2n) is 6.87. The maximum Gasteiger partial charge on any atom is 0.113 e. The fraction of sp³-hybridized carbons (Fsp3) is 0.200. The molecule has 2 nitrogen and oxygen atoms in total. The van der Waals surface area contributed by atoms with Crippen molar-refractivity contribution in [3.8, 4) is 0 Å². The van der Waals surface area contributed by atoms with E-state index in [1.165, 1.54) is 16.3 Å². The van der Waals surface area contributed by atoms with Gasteiger partial charge in [-0.2, -0.15) is 0 Å². The molecule has 0 heterocycles. The van der Waals surface area contributed by atoms with Gasteiger partial charge in [-0.1, -0.05) is 73.7 Å². The molecule has 3 aromatic carbocycles. The summed E-state index contributed by atoms with van der Waals surface area (Å²) in [7, 11) is 0. The fourth-order valence-corrected chi connectivity index (χ4v) is 3.43. The standard InChI is InChI=1S/C25H26O2S/c1-2-21(14-19-8-4-3-5-9-19)25(16-24(28)17-26)27-18-20-12-13-22-10-6-7-11-23(22)15-20/h3-13,15-17,21,26,28H,2,14,18H2,1H3/b24-17?,25-16+/t21-/m0/s1. The van der Waals surface area contributed by atoms with Gasteiger partial charge in [0.1, 0.15) is 12.4 Å². The summed E-state index contributed by atoms with van der Waals surface area (Å²) in [6, 6.07) is 25.1. The van der Waals surface area contributed by atoms with Crippen molar-refractivity contribution in [1.82, 2.24) is 0 Å². The quantitative estimate of drug-likeness (QED) is 0.250. The fourth-order valence-electron chi connectivity index (χ4n) is 3.30. The van der Waals surface area contributed by atoms with E-state index in [1.54, 1.807) is 0 Å². The zero-order valence-corrected chi connectivity index (χ0v) is 17.0. The summed E-state index contributed by atoms with van der Waals surface area (Å²) >= 11 is 4.31. The summed E-state index contributed by atoms with van der Waals surface area (Å²) in [6.45, 7) is 2.64. The topological polar surface area (TPSA) is 29.5 Å². The zero-order valence-electron chi connectivity index (χ0n) is 16.1. The maximum atomic E-state index is 9.29. The lowest BCUT2D eigenvalue weighted by atomic mass is 9.94. The highest BCUT2D eigenvalue weighted by atomic mass is 32.1. The van der Waals surface area contributed by atoms with E-state index in [-0.39, 0.29) is 5.92 Å². The number of thiol groups is 1. The van der Waals surface area contributed by atoms with Crippen molar-refractivity contribution in [3.63, 3.8) is 0 Å². The molecule has 0 amide bonds. The predicted molar refractivity (Wildman–Crippen MR) is 120 cm³/mol. The normalized spacial score (nSPS) is 13.5. The maximum absolute atomic E-state index is 9.29. The van der Waals surface area contributed by atoms with Gasteiger partial charge >= 0.3 is 0 Å². The van der Waals surface area contributed by atoms with E-state index in [0.29, 0.717) is 11.5 Å². The second kappa shape index (κ2) is 10.0. The summed E-state index contributed by atoms with van der Waals surface area (Å²) in [4.78, 5) is 0.486. The van der Waals surface area contributed by atoms with Gasteiger partial charge in [-0.05, 0) is 46.9 Å². The van der Waals surface area contributed by atoms with E-state index in [2.05, 4.69) is 74.1 Å². The van der Waals surface area contributed by atoms with E-state index in [9.17, 15) is 5.11 Å². The van der Waals surface area contributed by atoms with Gasteiger partial charge in [0.2, 0.25) is 0 Å². The lowest BCUT2D eigenvalue weighted by Crippen LogP contribution is -2.10. The number of aliphatic hydroxyl groups is 1. The molecule has 3 aromatic rings. The Morgan fingerprint density at radius 2 is 1.68 bits per heavy atom. The Hall–Kier alpha value is -2.65. The first-order chi connectivity index (χ1) is 13.7. The number of fused-ring (bicyclic) bond motifs is 1. The first-order valence-corrected chi connectivity index (χ1v) is 10.0. The van der Waals surface area contributed by atoms with Gasteiger partial charge in [0.05, 0.1) is 6.26 Å². The van der Waals surface area contributed by atoms with Gasteiger partial charge < -0.3 is 9.84 Å². The SMILES string of the molecule is CC[C@@H](Cc1ccccc1)/C(=C\C(S)=CO)OCc1ccc2ccccc2c1. The second-order valence-corrected chi connectivity index (χ2v) is 7.38. The van der Waals surface area contributed by atoms with E-state index in [1.807, 2.05) is 24.3 Å². The van der Waals surface area contributed by atoms with Crippen LogP contribution in [0.2, 0.25) is 0 Å². The van der Waals surface area contributed by atoms with Crippen LogP contribution >= 0.6 is 12.6 Å². The minimum absolute atomic E-state index is 0.213. The molecule has 0 bridgehead atoms. The molecule has 0 radical (unpaired) electrons. The largest absolute Gasteiger partial charge is 0.514 e. The Balaban J connectivity index is 1.79. The third kappa shape index (κ3) is 5.43. The van der Waals surface area contributed by atoms with E-state index >= 15 is 0 Å². The van der Waals surface area contributed by atoms with E-state index < -0.39 is 0 Å². The number of allylic oxidation sites excluding steroid dienone is 2. The molecule has 3 rings (SSSR count). The van der Waals surface area contributed by atoms with Crippen molar-refractivity contribution in [2.24, 2.45) is 5.92 Å². The molecule has 0 aliphatic heterocycles.